The Bertz CT molecular complexity index is 432. The Hall–Kier alpha value is -1.07. The third-order valence-electron chi connectivity index (χ3n) is 2.50. The van der Waals surface area contributed by atoms with Crippen LogP contribution in [0.5, 0.6) is 5.75 Å². The summed E-state index contributed by atoms with van der Waals surface area (Å²) in [5.41, 5.74) is 7.83. The second-order valence-electron chi connectivity index (χ2n) is 3.57. The van der Waals surface area contributed by atoms with Crippen LogP contribution in [0.25, 0.3) is 0 Å². The van der Waals surface area contributed by atoms with Gasteiger partial charge in [0.1, 0.15) is 11.8 Å². The van der Waals surface area contributed by atoms with Crippen LogP contribution in [0.4, 0.5) is 0 Å². The number of halogens is 1. The molecule has 0 spiro atoms. The Morgan fingerprint density at radius 3 is 2.56 bits per heavy atom. The average Bonchev–Trinajstić information content (AvgIpc) is 2.23. The molecular weight excluding hydrogens is 274 g/mol. The molecular formula is C11H14BrNO3. The van der Waals surface area contributed by atoms with Crippen molar-refractivity contribution in [2.75, 3.05) is 7.11 Å². The summed E-state index contributed by atoms with van der Waals surface area (Å²) in [6.07, 6.45) is 0. The number of aliphatic carboxylic acids is 1. The van der Waals surface area contributed by atoms with Crippen LogP contribution < -0.4 is 10.5 Å². The number of carboxylic acids is 1. The van der Waals surface area contributed by atoms with Gasteiger partial charge in [-0.15, -0.1) is 0 Å². The van der Waals surface area contributed by atoms with Crippen LogP contribution in [0.1, 0.15) is 22.7 Å². The number of benzene rings is 1. The minimum absolute atomic E-state index is 0.574. The number of methoxy groups -OCH3 is 1. The molecule has 1 atom stereocenters. The van der Waals surface area contributed by atoms with Crippen molar-refractivity contribution < 1.29 is 14.6 Å². The second-order valence-corrected chi connectivity index (χ2v) is 4.36. The standard InChI is InChI=1S/C11H14BrNO3/c1-5-4-7(9(13)11(14)15)6(2)10(16-3)8(5)12/h4,9H,13H2,1-3H3,(H,14,15). The minimum Gasteiger partial charge on any atom is -0.495 e. The number of carbonyl (C=O) groups is 1. The SMILES string of the molecule is COc1c(C)c(C(N)C(=O)O)cc(C)c1Br. The first kappa shape index (κ1) is 13.0. The molecule has 1 aromatic carbocycles. The van der Waals surface area contributed by atoms with E-state index in [-0.39, 0.29) is 0 Å². The Balaban J connectivity index is 3.42. The van der Waals surface area contributed by atoms with Crippen molar-refractivity contribution in [3.05, 3.63) is 27.2 Å². The van der Waals surface area contributed by atoms with Gasteiger partial charge in [0.05, 0.1) is 11.6 Å². The molecule has 3 N–H and O–H groups in total. The molecule has 4 nitrogen and oxygen atoms in total. The third-order valence-corrected chi connectivity index (χ3v) is 3.48. The largest absolute Gasteiger partial charge is 0.495 e. The lowest BCUT2D eigenvalue weighted by molar-refractivity contribution is -0.138. The predicted molar refractivity (Wildman–Crippen MR) is 64.7 cm³/mol. The van der Waals surface area contributed by atoms with E-state index in [4.69, 9.17) is 15.6 Å². The zero-order chi connectivity index (χ0) is 12.5. The number of carboxylic acid groups (broad SMARTS) is 1. The number of aryl methyl sites for hydroxylation is 1. The molecule has 1 aromatic rings. The van der Waals surface area contributed by atoms with Gasteiger partial charge in [-0.2, -0.15) is 0 Å². The fraction of sp³-hybridized carbons (Fsp3) is 0.364. The zero-order valence-corrected chi connectivity index (χ0v) is 11.0. The van der Waals surface area contributed by atoms with Crippen LogP contribution in [0, 0.1) is 13.8 Å². The summed E-state index contributed by atoms with van der Waals surface area (Å²) in [5, 5.41) is 8.91. The van der Waals surface area contributed by atoms with Crippen molar-refractivity contribution in [1.29, 1.82) is 0 Å². The lowest BCUT2D eigenvalue weighted by atomic mass is 9.98. The van der Waals surface area contributed by atoms with Gasteiger partial charge in [-0.05, 0) is 46.5 Å². The maximum atomic E-state index is 10.9. The lowest BCUT2D eigenvalue weighted by Gasteiger charge is -2.17. The highest BCUT2D eigenvalue weighted by atomic mass is 79.9. The fourth-order valence-electron chi connectivity index (χ4n) is 1.58. The highest BCUT2D eigenvalue weighted by Crippen LogP contribution is 2.35. The van der Waals surface area contributed by atoms with E-state index in [1.165, 1.54) is 0 Å². The molecule has 1 unspecified atom stereocenters. The summed E-state index contributed by atoms with van der Waals surface area (Å²) >= 11 is 3.40. The maximum Gasteiger partial charge on any atom is 0.325 e. The molecule has 0 aliphatic carbocycles. The number of hydrogen-bond donors (Lipinski definition) is 2. The van der Waals surface area contributed by atoms with E-state index in [2.05, 4.69) is 15.9 Å². The van der Waals surface area contributed by atoms with Crippen molar-refractivity contribution in [2.24, 2.45) is 5.73 Å². The summed E-state index contributed by atoms with van der Waals surface area (Å²) in [6.45, 7) is 3.66. The number of hydrogen-bond acceptors (Lipinski definition) is 3. The topological polar surface area (TPSA) is 72.5 Å². The summed E-state index contributed by atoms with van der Waals surface area (Å²) < 4.78 is 6.06. The first-order valence-corrected chi connectivity index (χ1v) is 5.51. The van der Waals surface area contributed by atoms with Crippen LogP contribution in [-0.2, 0) is 4.79 Å². The molecule has 0 aliphatic heterocycles. The fourth-order valence-corrected chi connectivity index (χ4v) is 2.15. The molecule has 0 amide bonds. The van der Waals surface area contributed by atoms with E-state index in [1.807, 2.05) is 6.92 Å². The minimum atomic E-state index is -1.05. The van der Waals surface area contributed by atoms with Crippen LogP contribution in [-0.4, -0.2) is 18.2 Å². The van der Waals surface area contributed by atoms with Gasteiger partial charge < -0.3 is 15.6 Å². The summed E-state index contributed by atoms with van der Waals surface area (Å²) in [4.78, 5) is 10.9. The van der Waals surface area contributed by atoms with E-state index in [0.717, 1.165) is 15.6 Å². The summed E-state index contributed by atoms with van der Waals surface area (Å²) in [7, 11) is 1.54. The quantitative estimate of drug-likeness (QED) is 0.894. The van der Waals surface area contributed by atoms with Crippen LogP contribution in [0.2, 0.25) is 0 Å². The molecule has 88 valence electrons. The van der Waals surface area contributed by atoms with Crippen molar-refractivity contribution in [2.45, 2.75) is 19.9 Å². The van der Waals surface area contributed by atoms with Gasteiger partial charge in [0.15, 0.2) is 0 Å². The monoisotopic (exact) mass is 287 g/mol. The third kappa shape index (κ3) is 2.20. The van der Waals surface area contributed by atoms with Gasteiger partial charge in [0, 0.05) is 0 Å². The van der Waals surface area contributed by atoms with Crippen molar-refractivity contribution in [3.8, 4) is 5.75 Å². The van der Waals surface area contributed by atoms with Gasteiger partial charge in [0.25, 0.3) is 0 Å². The van der Waals surface area contributed by atoms with Crippen molar-refractivity contribution in [1.82, 2.24) is 0 Å². The van der Waals surface area contributed by atoms with Crippen molar-refractivity contribution in [3.63, 3.8) is 0 Å². The number of nitrogens with two attached hydrogens (primary N) is 1. The number of ether oxygens (including phenoxy) is 1. The normalized spacial score (nSPS) is 12.3. The molecule has 0 heterocycles. The molecule has 5 heteroatoms. The van der Waals surface area contributed by atoms with Crippen LogP contribution >= 0.6 is 15.9 Å². The van der Waals surface area contributed by atoms with Gasteiger partial charge in [0.2, 0.25) is 0 Å². The number of rotatable bonds is 3. The van der Waals surface area contributed by atoms with Gasteiger partial charge in [-0.3, -0.25) is 4.79 Å². The molecule has 0 saturated heterocycles. The molecule has 0 aliphatic rings. The molecule has 0 radical (unpaired) electrons. The lowest BCUT2D eigenvalue weighted by Crippen LogP contribution is -2.22. The molecule has 16 heavy (non-hydrogen) atoms. The van der Waals surface area contributed by atoms with E-state index in [0.29, 0.717) is 11.3 Å². The molecule has 0 fully saturated rings. The highest BCUT2D eigenvalue weighted by Gasteiger charge is 2.21. The summed E-state index contributed by atoms with van der Waals surface area (Å²) in [5.74, 6) is -0.418. The second kappa shape index (κ2) is 4.84. The zero-order valence-electron chi connectivity index (χ0n) is 9.37. The average molecular weight is 288 g/mol. The Labute approximate surface area is 103 Å². The summed E-state index contributed by atoms with van der Waals surface area (Å²) in [6, 6.07) is 0.737. The van der Waals surface area contributed by atoms with E-state index in [9.17, 15) is 4.79 Å². The predicted octanol–water partition coefficient (Wildman–Crippen LogP) is 2.16. The molecule has 0 saturated carbocycles. The Morgan fingerprint density at radius 1 is 1.56 bits per heavy atom. The highest BCUT2D eigenvalue weighted by molar-refractivity contribution is 9.10. The maximum absolute atomic E-state index is 10.9. The first-order valence-electron chi connectivity index (χ1n) is 4.72. The molecule has 0 aromatic heterocycles. The van der Waals surface area contributed by atoms with Crippen LogP contribution in [0.15, 0.2) is 10.5 Å². The van der Waals surface area contributed by atoms with E-state index >= 15 is 0 Å². The van der Waals surface area contributed by atoms with Crippen LogP contribution in [0.3, 0.4) is 0 Å². The van der Waals surface area contributed by atoms with E-state index < -0.39 is 12.0 Å². The Kier molecular flexibility index (Phi) is 3.93. The molecule has 1 rings (SSSR count). The Morgan fingerprint density at radius 2 is 2.12 bits per heavy atom. The van der Waals surface area contributed by atoms with E-state index in [1.54, 1.807) is 20.1 Å². The van der Waals surface area contributed by atoms with Gasteiger partial charge in [-0.25, -0.2) is 0 Å². The molecule has 0 bridgehead atoms. The van der Waals surface area contributed by atoms with Gasteiger partial charge >= 0.3 is 5.97 Å². The van der Waals surface area contributed by atoms with Crippen molar-refractivity contribution >= 4 is 21.9 Å². The van der Waals surface area contributed by atoms with Gasteiger partial charge in [-0.1, -0.05) is 6.07 Å². The first-order chi connectivity index (χ1) is 7.40. The smallest absolute Gasteiger partial charge is 0.325 e.